The number of hydrogen-bond donors (Lipinski definition) is 2. The Morgan fingerprint density at radius 3 is 2.19 bits per heavy atom. The topological polar surface area (TPSA) is 88.2 Å². The fraction of sp³-hybridized carbons (Fsp3) is 0.467. The Morgan fingerprint density at radius 1 is 0.981 bits per heavy atom. The van der Waals surface area contributed by atoms with Gasteiger partial charge < -0.3 is 19.6 Å². The average molecular weight is 724 g/mol. The first-order valence-electron chi connectivity index (χ1n) is 19.0. The average Bonchev–Trinajstić information content (AvgIpc) is 3.90. The maximum atomic E-state index is 13.4. The van der Waals surface area contributed by atoms with Crippen LogP contribution in [-0.4, -0.2) is 55.6 Å². The number of carbonyl (C=O) groups is 2. The van der Waals surface area contributed by atoms with Crippen LogP contribution in [0.2, 0.25) is 5.04 Å². The van der Waals surface area contributed by atoms with Crippen LogP contribution in [0.15, 0.2) is 121 Å². The summed E-state index contributed by atoms with van der Waals surface area (Å²) in [4.78, 5) is 26.4. The van der Waals surface area contributed by atoms with Gasteiger partial charge in [-0.25, -0.2) is 0 Å². The second-order valence-corrected chi connectivity index (χ2v) is 20.4. The molecule has 2 N–H and O–H groups in total. The highest BCUT2D eigenvalue weighted by Gasteiger charge is 2.60. The van der Waals surface area contributed by atoms with Crippen LogP contribution in [-0.2, 0) is 18.8 Å². The van der Waals surface area contributed by atoms with Gasteiger partial charge in [-0.3, -0.25) is 9.59 Å². The lowest BCUT2D eigenvalue weighted by Gasteiger charge is -2.44. The summed E-state index contributed by atoms with van der Waals surface area (Å²) < 4.78 is 12.8. The summed E-state index contributed by atoms with van der Waals surface area (Å²) in [5, 5.41) is 16.6. The normalized spacial score (nSPS) is 23.2. The third kappa shape index (κ3) is 10.7. The summed E-state index contributed by atoms with van der Waals surface area (Å²) in [5.74, 6) is 0.933. The van der Waals surface area contributed by atoms with E-state index in [1.807, 2.05) is 54.6 Å². The fourth-order valence-corrected chi connectivity index (χ4v) is 12.3. The molecule has 0 saturated carbocycles. The Balaban J connectivity index is 1.47. The van der Waals surface area contributed by atoms with Crippen molar-refractivity contribution in [3.05, 3.63) is 121 Å². The van der Waals surface area contributed by atoms with Crippen molar-refractivity contribution in [2.45, 2.75) is 110 Å². The molecule has 2 aliphatic rings. The Bertz CT molecular complexity index is 1580. The number of rotatable bonds is 18. The monoisotopic (exact) mass is 723 g/mol. The van der Waals surface area contributed by atoms with Crippen molar-refractivity contribution in [3.63, 3.8) is 0 Å². The lowest BCUT2D eigenvalue weighted by molar-refractivity contribution is -0.137. The van der Waals surface area contributed by atoms with Gasteiger partial charge in [0.25, 0.3) is 8.32 Å². The van der Waals surface area contributed by atoms with Crippen molar-refractivity contribution in [2.75, 3.05) is 6.61 Å². The molecular weight excluding hydrogens is 663 g/mol. The zero-order valence-corrected chi connectivity index (χ0v) is 33.5. The molecule has 52 heavy (non-hydrogen) atoms. The molecule has 1 heterocycles. The molecule has 280 valence electrons. The Kier molecular flexibility index (Phi) is 14.6. The molecule has 7 atom stereocenters. The van der Waals surface area contributed by atoms with Crippen molar-refractivity contribution < 1.29 is 23.9 Å². The molecule has 1 saturated heterocycles. The largest absolute Gasteiger partial charge is 0.405 e. The predicted molar refractivity (Wildman–Crippen MR) is 216 cm³/mol. The fourth-order valence-electron chi connectivity index (χ4n) is 7.64. The van der Waals surface area contributed by atoms with Gasteiger partial charge in [0.1, 0.15) is 12.2 Å². The number of nitrogens with one attached hydrogen (secondary N) is 1. The molecule has 0 bridgehead atoms. The van der Waals surface area contributed by atoms with Crippen LogP contribution in [0.1, 0.15) is 81.1 Å². The number of carbonyl (C=O) groups excluding carboxylic acids is 2. The molecule has 1 fully saturated rings. The van der Waals surface area contributed by atoms with Crippen molar-refractivity contribution in [1.29, 1.82) is 0 Å². The summed E-state index contributed by atoms with van der Waals surface area (Å²) >= 11 is 0. The number of hydrogen-bond acceptors (Lipinski definition) is 5. The highest BCUT2D eigenvalue weighted by Crippen LogP contribution is 2.41. The van der Waals surface area contributed by atoms with Gasteiger partial charge in [-0.1, -0.05) is 158 Å². The molecule has 6 nitrogen and oxygen atoms in total. The van der Waals surface area contributed by atoms with E-state index < -0.39 is 31.8 Å². The van der Waals surface area contributed by atoms with Gasteiger partial charge in [-0.05, 0) is 65.1 Å². The van der Waals surface area contributed by atoms with E-state index in [-0.39, 0.29) is 30.1 Å². The van der Waals surface area contributed by atoms with Gasteiger partial charge in [0.05, 0.1) is 12.6 Å². The molecule has 1 amide bonds. The van der Waals surface area contributed by atoms with Gasteiger partial charge in [0.2, 0.25) is 5.91 Å². The first kappa shape index (κ1) is 41.1. The van der Waals surface area contributed by atoms with E-state index in [9.17, 15) is 14.7 Å². The first-order valence-corrected chi connectivity index (χ1v) is 20.9. The highest BCUT2D eigenvalue weighted by atomic mass is 28.4. The van der Waals surface area contributed by atoms with Gasteiger partial charge in [0, 0.05) is 12.5 Å². The molecule has 1 aliphatic heterocycles. The molecule has 4 rings (SSSR count). The van der Waals surface area contributed by atoms with E-state index >= 15 is 0 Å². The van der Waals surface area contributed by atoms with Gasteiger partial charge in [-0.2, -0.15) is 0 Å². The van der Waals surface area contributed by atoms with Crippen LogP contribution in [0, 0.1) is 17.8 Å². The minimum atomic E-state index is -2.96. The number of aliphatic hydroxyl groups is 1. The molecule has 7 heteroatoms. The summed E-state index contributed by atoms with van der Waals surface area (Å²) in [6.45, 7) is 18.0. The van der Waals surface area contributed by atoms with Crippen molar-refractivity contribution in [1.82, 2.24) is 5.32 Å². The zero-order chi connectivity index (χ0) is 37.9. The molecular formula is C45H61NO5Si. The maximum Gasteiger partial charge on any atom is 0.261 e. The molecule has 1 aliphatic carbocycles. The second kappa shape index (κ2) is 18.4. The second-order valence-electron chi connectivity index (χ2n) is 16.1. The quantitative estimate of drug-likeness (QED) is 0.0540. The number of epoxide rings is 1. The van der Waals surface area contributed by atoms with Crippen LogP contribution < -0.4 is 15.7 Å². The molecule has 0 unspecified atom stereocenters. The number of allylic oxidation sites excluding steroid dienone is 7. The number of ether oxygens (including phenoxy) is 1. The number of fused-ring (bicyclic) bond motifs is 1. The number of ketones is 1. The summed E-state index contributed by atoms with van der Waals surface area (Å²) in [7, 11) is -2.96. The van der Waals surface area contributed by atoms with E-state index in [1.165, 1.54) is 24.1 Å². The minimum absolute atomic E-state index is 0.0308. The van der Waals surface area contributed by atoms with E-state index in [1.54, 1.807) is 12.2 Å². The third-order valence-corrected chi connectivity index (χ3v) is 15.4. The van der Waals surface area contributed by atoms with E-state index in [0.717, 1.165) is 23.2 Å². The number of benzene rings is 2. The van der Waals surface area contributed by atoms with Gasteiger partial charge in [-0.15, -0.1) is 0 Å². The first-order chi connectivity index (χ1) is 24.7. The molecule has 0 aromatic heterocycles. The van der Waals surface area contributed by atoms with Crippen LogP contribution in [0.5, 0.6) is 0 Å². The van der Waals surface area contributed by atoms with E-state index in [2.05, 4.69) is 97.1 Å². The SMILES string of the molecule is CC[C@@H](C)/C=C(\C)C[C@@H](C)C[C@@H](C)/C=C/C=C/C=C/C(=O)N[C@H](CO[Si](c1ccccc1)(c1ccccc1)C(C)(C)C)C[C@@]1(O)C(=O)C=C[C@H]2O[C@H]21. The Labute approximate surface area is 313 Å². The highest BCUT2D eigenvalue weighted by molar-refractivity contribution is 6.99. The predicted octanol–water partition coefficient (Wildman–Crippen LogP) is 7.79. The van der Waals surface area contributed by atoms with Crippen molar-refractivity contribution in [3.8, 4) is 0 Å². The van der Waals surface area contributed by atoms with E-state index in [0.29, 0.717) is 17.8 Å². The van der Waals surface area contributed by atoms with Crippen molar-refractivity contribution in [2.24, 2.45) is 17.8 Å². The zero-order valence-electron chi connectivity index (χ0n) is 32.5. The van der Waals surface area contributed by atoms with Crippen LogP contribution in [0.4, 0.5) is 0 Å². The molecule has 0 radical (unpaired) electrons. The summed E-state index contributed by atoms with van der Waals surface area (Å²) in [6.07, 6.45) is 19.1. The van der Waals surface area contributed by atoms with Crippen LogP contribution in [0.25, 0.3) is 0 Å². The molecule has 2 aromatic carbocycles. The lowest BCUT2D eigenvalue weighted by atomic mass is 9.82. The smallest absolute Gasteiger partial charge is 0.261 e. The van der Waals surface area contributed by atoms with Gasteiger partial charge >= 0.3 is 0 Å². The van der Waals surface area contributed by atoms with Crippen LogP contribution in [0.3, 0.4) is 0 Å². The molecule has 0 spiro atoms. The minimum Gasteiger partial charge on any atom is -0.405 e. The van der Waals surface area contributed by atoms with Crippen LogP contribution >= 0.6 is 0 Å². The maximum absolute atomic E-state index is 13.4. The van der Waals surface area contributed by atoms with E-state index in [4.69, 9.17) is 9.16 Å². The third-order valence-electron chi connectivity index (χ3n) is 10.4. The lowest BCUT2D eigenvalue weighted by Crippen LogP contribution is -2.67. The Morgan fingerprint density at radius 2 is 1.60 bits per heavy atom. The summed E-state index contributed by atoms with van der Waals surface area (Å²) in [5.41, 5.74) is -0.281. The number of amides is 1. The summed E-state index contributed by atoms with van der Waals surface area (Å²) in [6, 6.07) is 19.9. The molecule has 2 aromatic rings. The standard InChI is InChI=1S/C45H61NO5Si/c1-9-33(2)28-35(4)30-36(5)29-34(3)20-14-10-11-19-25-42(48)46-37(31-45(49)41(47)27-26-40-43(45)51-40)32-50-52(44(6,7)8,38-21-15-12-16-22-38)39-23-17-13-18-24-39/h10-28,33-34,36-37,40,43,49H,9,29-32H2,1-8H3,(H,46,48)/b11-10+,20-14+,25-19+,35-28+/t33-,34+,36+,37+,40-,43-,45-/m1/s1. The van der Waals surface area contributed by atoms with Crippen molar-refractivity contribution >= 4 is 30.4 Å². The Hall–Kier alpha value is -3.62. The van der Waals surface area contributed by atoms with Gasteiger partial charge in [0.15, 0.2) is 11.4 Å².